The van der Waals surface area contributed by atoms with Crippen LogP contribution in [-0.4, -0.2) is 4.92 Å². The van der Waals surface area contributed by atoms with E-state index in [9.17, 15) is 10.1 Å². The van der Waals surface area contributed by atoms with Gasteiger partial charge >= 0.3 is 0 Å². The fraction of sp³-hybridized carbons (Fsp3) is 0.263. The maximum absolute atomic E-state index is 10.6. The second kappa shape index (κ2) is 6.14. The molecule has 3 heteroatoms. The van der Waals surface area contributed by atoms with Crippen molar-refractivity contribution in [3.63, 3.8) is 0 Å². The number of benzene rings is 2. The van der Waals surface area contributed by atoms with Gasteiger partial charge in [-0.3, -0.25) is 10.1 Å². The molecule has 2 aromatic carbocycles. The van der Waals surface area contributed by atoms with Gasteiger partial charge in [-0.25, -0.2) is 0 Å². The Bertz CT molecular complexity index is 623. The van der Waals surface area contributed by atoms with Crippen LogP contribution in [0.2, 0.25) is 0 Å². The van der Waals surface area contributed by atoms with Gasteiger partial charge in [-0.2, -0.15) is 0 Å². The van der Waals surface area contributed by atoms with Crippen molar-refractivity contribution in [2.24, 2.45) is 11.3 Å². The van der Waals surface area contributed by atoms with Gasteiger partial charge in [0.1, 0.15) is 0 Å². The Kier molecular flexibility index (Phi) is 4.05. The zero-order valence-electron chi connectivity index (χ0n) is 12.4. The molecule has 0 bridgehead atoms. The van der Waals surface area contributed by atoms with Gasteiger partial charge in [0, 0.05) is 0 Å². The maximum atomic E-state index is 10.6. The summed E-state index contributed by atoms with van der Waals surface area (Å²) in [6.45, 7) is 0. The smallest absolute Gasteiger partial charge is 0.230 e. The van der Waals surface area contributed by atoms with E-state index >= 15 is 0 Å². The first-order valence-corrected chi connectivity index (χ1v) is 7.58. The van der Waals surface area contributed by atoms with E-state index < -0.39 is 0 Å². The molecular formula is C19H19NO2. The van der Waals surface area contributed by atoms with Crippen molar-refractivity contribution in [3.05, 3.63) is 94.2 Å². The third-order valence-corrected chi connectivity index (χ3v) is 4.49. The molecule has 0 aromatic heterocycles. The lowest BCUT2D eigenvalue weighted by molar-refractivity contribution is -0.402. The highest BCUT2D eigenvalue weighted by Gasteiger charge is 2.52. The van der Waals surface area contributed by atoms with Crippen LogP contribution in [0.3, 0.4) is 0 Å². The first-order valence-electron chi connectivity index (χ1n) is 7.58. The molecular weight excluding hydrogens is 274 g/mol. The number of rotatable bonds is 6. The Hall–Kier alpha value is -2.42. The summed E-state index contributed by atoms with van der Waals surface area (Å²) in [5.74, 6) is 0.290. The third-order valence-electron chi connectivity index (χ3n) is 4.49. The summed E-state index contributed by atoms with van der Waals surface area (Å²) in [6.07, 6.45) is 5.82. The summed E-state index contributed by atoms with van der Waals surface area (Å²) in [4.78, 5) is 10.2. The highest BCUT2D eigenvalue weighted by atomic mass is 16.6. The number of nitro groups is 1. The first-order chi connectivity index (χ1) is 10.7. The van der Waals surface area contributed by atoms with E-state index in [-0.39, 0.29) is 10.3 Å². The van der Waals surface area contributed by atoms with E-state index in [1.54, 1.807) is 6.08 Å². The molecule has 112 valence electrons. The SMILES string of the molecule is O=[N+]([O-])/C=C/C1CC1(Cc1ccccc1)Cc1ccccc1. The van der Waals surface area contributed by atoms with Crippen LogP contribution in [0.5, 0.6) is 0 Å². The van der Waals surface area contributed by atoms with E-state index in [4.69, 9.17) is 0 Å². The average molecular weight is 293 g/mol. The quantitative estimate of drug-likeness (QED) is 0.589. The van der Waals surface area contributed by atoms with Gasteiger partial charge in [-0.15, -0.1) is 0 Å². The van der Waals surface area contributed by atoms with Crippen LogP contribution in [0.1, 0.15) is 17.5 Å². The van der Waals surface area contributed by atoms with Crippen molar-refractivity contribution in [3.8, 4) is 0 Å². The van der Waals surface area contributed by atoms with Crippen LogP contribution in [0, 0.1) is 21.4 Å². The molecule has 3 rings (SSSR count). The molecule has 3 nitrogen and oxygen atoms in total. The highest BCUT2D eigenvalue weighted by molar-refractivity contribution is 5.27. The normalized spacial score (nSPS) is 19.2. The minimum atomic E-state index is -0.367. The lowest BCUT2D eigenvalue weighted by atomic mass is 9.87. The lowest BCUT2D eigenvalue weighted by Crippen LogP contribution is -2.12. The molecule has 1 aliphatic rings. The van der Waals surface area contributed by atoms with Crippen molar-refractivity contribution in [1.29, 1.82) is 0 Å². The average Bonchev–Trinajstić information content (AvgIpc) is 3.19. The first kappa shape index (κ1) is 14.5. The molecule has 1 aliphatic carbocycles. The Morgan fingerprint density at radius 3 is 1.95 bits per heavy atom. The summed E-state index contributed by atoms with van der Waals surface area (Å²) in [5, 5.41) is 10.6. The minimum Gasteiger partial charge on any atom is -0.259 e. The van der Waals surface area contributed by atoms with Crippen LogP contribution in [0.15, 0.2) is 72.9 Å². The second-order valence-corrected chi connectivity index (χ2v) is 6.12. The van der Waals surface area contributed by atoms with E-state index in [0.29, 0.717) is 5.92 Å². The van der Waals surface area contributed by atoms with Crippen LogP contribution in [0.25, 0.3) is 0 Å². The van der Waals surface area contributed by atoms with E-state index in [0.717, 1.165) is 25.5 Å². The molecule has 0 spiro atoms. The monoisotopic (exact) mass is 293 g/mol. The molecule has 0 radical (unpaired) electrons. The van der Waals surface area contributed by atoms with Gasteiger partial charge in [-0.05, 0) is 47.8 Å². The van der Waals surface area contributed by atoms with Crippen molar-refractivity contribution < 1.29 is 4.92 Å². The van der Waals surface area contributed by atoms with Gasteiger partial charge in [0.2, 0.25) is 6.20 Å². The molecule has 2 aromatic rings. The van der Waals surface area contributed by atoms with Crippen molar-refractivity contribution in [2.75, 3.05) is 0 Å². The Labute approximate surface area is 130 Å². The number of hydrogen-bond acceptors (Lipinski definition) is 2. The van der Waals surface area contributed by atoms with Crippen molar-refractivity contribution >= 4 is 0 Å². The zero-order chi connectivity index (χ0) is 15.4. The third kappa shape index (κ3) is 3.42. The van der Waals surface area contributed by atoms with Crippen LogP contribution < -0.4 is 0 Å². The number of allylic oxidation sites excluding steroid dienone is 1. The van der Waals surface area contributed by atoms with Crippen molar-refractivity contribution in [1.82, 2.24) is 0 Å². The van der Waals surface area contributed by atoms with Gasteiger partial charge in [-0.1, -0.05) is 60.7 Å². The topological polar surface area (TPSA) is 43.1 Å². The summed E-state index contributed by atoms with van der Waals surface area (Å²) in [7, 11) is 0. The second-order valence-electron chi connectivity index (χ2n) is 6.12. The van der Waals surface area contributed by atoms with Gasteiger partial charge < -0.3 is 0 Å². The molecule has 0 N–H and O–H groups in total. The molecule has 0 aliphatic heterocycles. The molecule has 1 saturated carbocycles. The maximum Gasteiger partial charge on any atom is 0.230 e. The lowest BCUT2D eigenvalue weighted by Gasteiger charge is -2.17. The Morgan fingerprint density at radius 2 is 1.50 bits per heavy atom. The molecule has 0 amide bonds. The van der Waals surface area contributed by atoms with Gasteiger partial charge in [0.05, 0.1) is 4.92 Å². The molecule has 22 heavy (non-hydrogen) atoms. The van der Waals surface area contributed by atoms with Gasteiger partial charge in [0.25, 0.3) is 0 Å². The number of hydrogen-bond donors (Lipinski definition) is 0. The molecule has 1 fully saturated rings. The molecule has 1 atom stereocenters. The number of nitrogens with zero attached hydrogens (tertiary/aromatic N) is 1. The fourth-order valence-corrected chi connectivity index (χ4v) is 3.30. The highest BCUT2D eigenvalue weighted by Crippen LogP contribution is 2.57. The standard InChI is InChI=1S/C19H19NO2/c21-20(22)12-11-18-15-19(18,13-16-7-3-1-4-8-16)14-17-9-5-2-6-10-17/h1-12,18H,13-15H2/b12-11+. The summed E-state index contributed by atoms with van der Waals surface area (Å²) >= 11 is 0. The summed E-state index contributed by atoms with van der Waals surface area (Å²) in [6, 6.07) is 20.8. The molecule has 0 heterocycles. The van der Waals surface area contributed by atoms with E-state index in [1.165, 1.54) is 11.1 Å². The van der Waals surface area contributed by atoms with Crippen molar-refractivity contribution in [2.45, 2.75) is 19.3 Å². The Balaban J connectivity index is 1.79. The summed E-state index contributed by atoms with van der Waals surface area (Å²) < 4.78 is 0. The molecule has 0 saturated heterocycles. The minimum absolute atomic E-state index is 0.120. The summed E-state index contributed by atoms with van der Waals surface area (Å²) in [5.41, 5.74) is 2.72. The predicted octanol–water partition coefficient (Wildman–Crippen LogP) is 4.27. The molecule has 1 unspecified atom stereocenters. The van der Waals surface area contributed by atoms with Gasteiger partial charge in [0.15, 0.2) is 0 Å². The fourth-order valence-electron chi connectivity index (χ4n) is 3.30. The largest absolute Gasteiger partial charge is 0.259 e. The Morgan fingerprint density at radius 1 is 1.00 bits per heavy atom. The van der Waals surface area contributed by atoms with Crippen LogP contribution in [-0.2, 0) is 12.8 Å². The predicted molar refractivity (Wildman–Crippen MR) is 87.0 cm³/mol. The van der Waals surface area contributed by atoms with E-state index in [1.807, 2.05) is 12.1 Å². The van der Waals surface area contributed by atoms with E-state index in [2.05, 4.69) is 48.5 Å². The zero-order valence-corrected chi connectivity index (χ0v) is 12.4. The van der Waals surface area contributed by atoms with Crippen LogP contribution in [0.4, 0.5) is 0 Å². The van der Waals surface area contributed by atoms with Crippen LogP contribution >= 0.6 is 0 Å².